The number of halogens is 1. The van der Waals surface area contributed by atoms with Gasteiger partial charge in [-0.1, -0.05) is 34.1 Å². The van der Waals surface area contributed by atoms with Crippen molar-refractivity contribution in [3.05, 3.63) is 87.9 Å². The van der Waals surface area contributed by atoms with Crippen molar-refractivity contribution in [2.75, 3.05) is 5.32 Å². The molecule has 0 saturated heterocycles. The van der Waals surface area contributed by atoms with E-state index in [1.54, 1.807) is 18.3 Å². The minimum absolute atomic E-state index is 0.219. The van der Waals surface area contributed by atoms with Gasteiger partial charge in [-0.15, -0.1) is 0 Å². The lowest BCUT2D eigenvalue weighted by molar-refractivity contribution is 0.0992. The Hall–Kier alpha value is -3.12. The lowest BCUT2D eigenvalue weighted by atomic mass is 10.1. The van der Waals surface area contributed by atoms with Gasteiger partial charge in [-0.3, -0.25) is 9.78 Å². The van der Waals surface area contributed by atoms with Crippen LogP contribution in [0.3, 0.4) is 0 Å². The molecule has 0 unspecified atom stereocenters. The van der Waals surface area contributed by atoms with E-state index in [0.717, 1.165) is 26.7 Å². The number of nitrogens with one attached hydrogen (secondary N) is 1. The Balaban J connectivity index is 1.48. The van der Waals surface area contributed by atoms with Gasteiger partial charge in [0.2, 0.25) is 0 Å². The summed E-state index contributed by atoms with van der Waals surface area (Å²) < 4.78 is 12.4. The molecule has 2 aromatic heterocycles. The highest BCUT2D eigenvalue weighted by Gasteiger charge is 2.14. The summed E-state index contributed by atoms with van der Waals surface area (Å²) >= 11 is 3.51. The number of hydrogen-bond acceptors (Lipinski definition) is 4. The summed E-state index contributed by atoms with van der Waals surface area (Å²) in [5.74, 6) is 1.27. The van der Waals surface area contributed by atoms with Gasteiger partial charge in [0.25, 0.3) is 5.91 Å². The monoisotopic (exact) mass is 450 g/mol. The molecule has 5 nitrogen and oxygen atoms in total. The predicted molar refractivity (Wildman–Crippen MR) is 116 cm³/mol. The topological polar surface area (TPSA) is 64.4 Å². The summed E-state index contributed by atoms with van der Waals surface area (Å²) in [6, 6.07) is 16.9. The molecule has 0 saturated carbocycles. The Morgan fingerprint density at radius 1 is 1.14 bits per heavy atom. The number of aromatic nitrogens is 1. The number of benzene rings is 2. The molecule has 0 fully saturated rings. The molecule has 0 atom stereocenters. The first-order valence-corrected chi connectivity index (χ1v) is 9.94. The molecule has 1 amide bonds. The third-order valence-corrected chi connectivity index (χ3v) is 5.26. The lowest BCUT2D eigenvalue weighted by Gasteiger charge is -2.09. The molecule has 1 N–H and O–H groups in total. The molecule has 0 spiro atoms. The minimum atomic E-state index is -0.336. The Labute approximate surface area is 176 Å². The van der Waals surface area contributed by atoms with Crippen molar-refractivity contribution >= 4 is 38.4 Å². The zero-order chi connectivity index (χ0) is 20.4. The van der Waals surface area contributed by atoms with E-state index in [1.165, 1.54) is 0 Å². The standard InChI is InChI=1S/C23H19BrN2O3/c1-14-5-6-15(2)21(12-14)28-13-16-7-10-20(29-16)23(27)26-19-9-8-18(24)17-4-3-11-25-22(17)19/h3-12H,13H2,1-2H3,(H,26,27). The maximum Gasteiger partial charge on any atom is 0.291 e. The van der Waals surface area contributed by atoms with Crippen LogP contribution in [0.25, 0.3) is 10.9 Å². The number of pyridine rings is 1. The molecule has 4 rings (SSSR count). The molecule has 2 aromatic carbocycles. The molecule has 0 bridgehead atoms. The summed E-state index contributed by atoms with van der Waals surface area (Å²) in [6.07, 6.45) is 1.69. The Morgan fingerprint density at radius 2 is 2.00 bits per heavy atom. The molecule has 0 aliphatic heterocycles. The Kier molecular flexibility index (Phi) is 5.36. The molecule has 4 aromatic rings. The van der Waals surface area contributed by atoms with Crippen molar-refractivity contribution in [1.29, 1.82) is 0 Å². The van der Waals surface area contributed by atoms with Crippen molar-refractivity contribution in [3.63, 3.8) is 0 Å². The van der Waals surface area contributed by atoms with Crippen LogP contribution in [0.5, 0.6) is 5.75 Å². The van der Waals surface area contributed by atoms with Crippen molar-refractivity contribution < 1.29 is 13.9 Å². The van der Waals surface area contributed by atoms with Crippen molar-refractivity contribution in [2.45, 2.75) is 20.5 Å². The van der Waals surface area contributed by atoms with Crippen LogP contribution in [0.2, 0.25) is 0 Å². The number of amides is 1. The van der Waals surface area contributed by atoms with Gasteiger partial charge in [0.15, 0.2) is 5.76 Å². The number of anilines is 1. The van der Waals surface area contributed by atoms with Crippen LogP contribution in [0.4, 0.5) is 5.69 Å². The highest BCUT2D eigenvalue weighted by Crippen LogP contribution is 2.29. The molecule has 0 aliphatic carbocycles. The highest BCUT2D eigenvalue weighted by molar-refractivity contribution is 9.10. The van der Waals surface area contributed by atoms with E-state index >= 15 is 0 Å². The van der Waals surface area contributed by atoms with E-state index in [1.807, 2.05) is 56.3 Å². The molecular weight excluding hydrogens is 432 g/mol. The lowest BCUT2D eigenvalue weighted by Crippen LogP contribution is -2.11. The molecule has 29 heavy (non-hydrogen) atoms. The fraction of sp³-hybridized carbons (Fsp3) is 0.130. The third-order valence-electron chi connectivity index (χ3n) is 4.56. The van der Waals surface area contributed by atoms with Crippen molar-refractivity contribution in [2.24, 2.45) is 0 Å². The number of carbonyl (C=O) groups is 1. The molecule has 0 radical (unpaired) electrons. The van der Waals surface area contributed by atoms with Gasteiger partial charge in [0.1, 0.15) is 18.1 Å². The number of carbonyl (C=O) groups excluding carboxylic acids is 1. The van der Waals surface area contributed by atoms with Crippen LogP contribution in [-0.4, -0.2) is 10.9 Å². The smallest absolute Gasteiger partial charge is 0.291 e. The maximum atomic E-state index is 12.6. The SMILES string of the molecule is Cc1ccc(C)c(OCc2ccc(C(=O)Nc3ccc(Br)c4cccnc34)o2)c1. The fourth-order valence-electron chi connectivity index (χ4n) is 3.01. The van der Waals surface area contributed by atoms with Gasteiger partial charge < -0.3 is 14.5 Å². The van der Waals surface area contributed by atoms with Gasteiger partial charge in [-0.05, 0) is 61.4 Å². The largest absolute Gasteiger partial charge is 0.485 e. The van der Waals surface area contributed by atoms with Gasteiger partial charge in [-0.2, -0.15) is 0 Å². The second kappa shape index (κ2) is 8.09. The van der Waals surface area contributed by atoms with E-state index in [9.17, 15) is 4.79 Å². The van der Waals surface area contributed by atoms with Crippen LogP contribution < -0.4 is 10.1 Å². The number of nitrogens with zero attached hydrogens (tertiary/aromatic N) is 1. The normalized spacial score (nSPS) is 10.9. The molecule has 6 heteroatoms. The highest BCUT2D eigenvalue weighted by atomic mass is 79.9. The number of rotatable bonds is 5. The van der Waals surface area contributed by atoms with Crippen molar-refractivity contribution in [1.82, 2.24) is 4.98 Å². The van der Waals surface area contributed by atoms with E-state index < -0.39 is 0 Å². The number of hydrogen-bond donors (Lipinski definition) is 1. The molecular formula is C23H19BrN2O3. The van der Waals surface area contributed by atoms with Crippen LogP contribution in [0.15, 0.2) is 69.7 Å². The average Bonchev–Trinajstić information content (AvgIpc) is 3.20. The average molecular weight is 451 g/mol. The quantitative estimate of drug-likeness (QED) is 0.402. The van der Waals surface area contributed by atoms with Gasteiger partial charge in [-0.25, -0.2) is 0 Å². The Bertz CT molecular complexity index is 1200. The zero-order valence-corrected chi connectivity index (χ0v) is 17.6. The first-order chi connectivity index (χ1) is 14.0. The summed E-state index contributed by atoms with van der Waals surface area (Å²) in [5, 5.41) is 3.80. The maximum absolute atomic E-state index is 12.6. The van der Waals surface area contributed by atoms with Gasteiger partial charge in [0, 0.05) is 16.1 Å². The number of ether oxygens (including phenoxy) is 1. The van der Waals surface area contributed by atoms with Crippen LogP contribution in [0, 0.1) is 13.8 Å². The second-order valence-electron chi connectivity index (χ2n) is 6.77. The van der Waals surface area contributed by atoms with Crippen molar-refractivity contribution in [3.8, 4) is 5.75 Å². The number of fused-ring (bicyclic) bond motifs is 1. The predicted octanol–water partition coefficient (Wildman–Crippen LogP) is 6.04. The number of furan rings is 1. The summed E-state index contributed by atoms with van der Waals surface area (Å²) in [4.78, 5) is 17.0. The summed E-state index contributed by atoms with van der Waals surface area (Å²) in [7, 11) is 0. The van der Waals surface area contributed by atoms with E-state index in [2.05, 4.69) is 26.2 Å². The van der Waals surface area contributed by atoms with Crippen LogP contribution in [0.1, 0.15) is 27.4 Å². The summed E-state index contributed by atoms with van der Waals surface area (Å²) in [6.45, 7) is 4.26. The minimum Gasteiger partial charge on any atom is -0.485 e. The first kappa shape index (κ1) is 19.2. The van der Waals surface area contributed by atoms with E-state index in [-0.39, 0.29) is 18.3 Å². The molecule has 0 aliphatic rings. The van der Waals surface area contributed by atoms with Crippen LogP contribution in [-0.2, 0) is 6.61 Å². The molecule has 2 heterocycles. The van der Waals surface area contributed by atoms with Crippen LogP contribution >= 0.6 is 15.9 Å². The van der Waals surface area contributed by atoms with Gasteiger partial charge >= 0.3 is 0 Å². The second-order valence-corrected chi connectivity index (χ2v) is 7.63. The number of aryl methyl sites for hydroxylation is 2. The van der Waals surface area contributed by atoms with E-state index in [4.69, 9.17) is 9.15 Å². The third kappa shape index (κ3) is 4.17. The summed E-state index contributed by atoms with van der Waals surface area (Å²) in [5.41, 5.74) is 3.51. The van der Waals surface area contributed by atoms with Gasteiger partial charge in [0.05, 0.1) is 11.2 Å². The molecule has 146 valence electrons. The van der Waals surface area contributed by atoms with E-state index in [0.29, 0.717) is 17.0 Å². The Morgan fingerprint density at radius 3 is 2.86 bits per heavy atom. The zero-order valence-electron chi connectivity index (χ0n) is 16.0. The fourth-order valence-corrected chi connectivity index (χ4v) is 3.46. The first-order valence-electron chi connectivity index (χ1n) is 9.14.